The summed E-state index contributed by atoms with van der Waals surface area (Å²) in [4.78, 5) is 30.1. The van der Waals surface area contributed by atoms with Crippen LogP contribution in [0, 0.1) is 45.3 Å². The SMILES string of the molecule is N#Cc1ccc(-c2ccc3c4ccc(-c5ccc(C#N)cc5C#N)cc4n(-c4cccc5c4C(=O)N(c4cccc(-c6ccccc6)c4)C5=O)c3c2)c(C#N)c1. The van der Waals surface area contributed by atoms with E-state index in [1.165, 1.54) is 4.90 Å². The molecule has 2 heterocycles. The molecule has 7 aromatic carbocycles. The van der Waals surface area contributed by atoms with E-state index in [9.17, 15) is 30.6 Å². The first-order valence-corrected chi connectivity index (χ1v) is 17.6. The molecule has 8 nitrogen and oxygen atoms in total. The molecule has 9 rings (SSSR count). The Labute approximate surface area is 320 Å². The molecule has 0 N–H and O–H groups in total. The first-order chi connectivity index (χ1) is 27.4. The molecule has 1 aliphatic rings. The zero-order valence-electron chi connectivity index (χ0n) is 29.4. The van der Waals surface area contributed by atoms with Crippen molar-refractivity contribution in [2.75, 3.05) is 4.90 Å². The number of rotatable bonds is 5. The highest BCUT2D eigenvalue weighted by atomic mass is 16.2. The lowest BCUT2D eigenvalue weighted by molar-refractivity contribution is 0.0926. The summed E-state index contributed by atoms with van der Waals surface area (Å²) in [5.41, 5.74) is 8.80. The van der Waals surface area contributed by atoms with Gasteiger partial charge in [-0.1, -0.05) is 84.9 Å². The molecular formula is C48H24N6O2. The van der Waals surface area contributed by atoms with Gasteiger partial charge in [0.15, 0.2) is 0 Å². The van der Waals surface area contributed by atoms with E-state index in [0.29, 0.717) is 55.8 Å². The molecule has 8 heteroatoms. The Bertz CT molecular complexity index is 3050. The molecule has 1 aliphatic heterocycles. The third kappa shape index (κ3) is 5.19. The van der Waals surface area contributed by atoms with Gasteiger partial charge >= 0.3 is 0 Å². The summed E-state index contributed by atoms with van der Waals surface area (Å²) in [6.45, 7) is 0. The number of anilines is 1. The van der Waals surface area contributed by atoms with Gasteiger partial charge in [0.25, 0.3) is 11.8 Å². The molecule has 0 saturated carbocycles. The molecular weight excluding hydrogens is 693 g/mol. The van der Waals surface area contributed by atoms with E-state index < -0.39 is 11.8 Å². The number of hydrogen-bond donors (Lipinski definition) is 0. The Kier molecular flexibility index (Phi) is 7.81. The van der Waals surface area contributed by atoms with Crippen LogP contribution < -0.4 is 4.90 Å². The Balaban J connectivity index is 1.29. The standard InChI is InChI=1S/C48H24N6O2/c49-25-29-12-16-38(35(20-29)27-51)33-14-18-40-41-19-15-34(39-17-13-30(26-50)21-36(39)28-52)24-45(41)54(44(40)23-33)43-11-5-10-42-46(43)48(56)53(47(42)55)37-9-4-8-32(22-37)31-6-2-1-3-7-31/h1-24H. The second-order valence-electron chi connectivity index (χ2n) is 13.3. The van der Waals surface area contributed by atoms with Crippen molar-refractivity contribution in [3.05, 3.63) is 179 Å². The summed E-state index contributed by atoms with van der Waals surface area (Å²) in [6.07, 6.45) is 0. The van der Waals surface area contributed by atoms with Gasteiger partial charge in [-0.2, -0.15) is 21.0 Å². The first-order valence-electron chi connectivity index (χ1n) is 17.6. The van der Waals surface area contributed by atoms with Crippen LogP contribution in [0.4, 0.5) is 5.69 Å². The van der Waals surface area contributed by atoms with Gasteiger partial charge in [0, 0.05) is 10.8 Å². The lowest BCUT2D eigenvalue weighted by atomic mass is 9.96. The maximum atomic E-state index is 14.7. The number of aromatic nitrogens is 1. The Hall–Kier alpha value is -8.56. The predicted molar refractivity (Wildman–Crippen MR) is 214 cm³/mol. The fourth-order valence-electron chi connectivity index (χ4n) is 7.67. The number of carbonyl (C=O) groups excluding carboxylic acids is 2. The molecule has 0 spiro atoms. The molecule has 0 saturated heterocycles. The van der Waals surface area contributed by atoms with Crippen LogP contribution in [0.5, 0.6) is 0 Å². The van der Waals surface area contributed by atoms with Gasteiger partial charge in [0.1, 0.15) is 0 Å². The molecule has 8 aromatic rings. The highest BCUT2D eigenvalue weighted by Gasteiger charge is 2.39. The number of nitrogens with zero attached hydrogens (tertiary/aromatic N) is 6. The van der Waals surface area contributed by atoms with Crippen molar-refractivity contribution in [1.82, 2.24) is 4.57 Å². The summed E-state index contributed by atoms with van der Waals surface area (Å²) < 4.78 is 1.96. The summed E-state index contributed by atoms with van der Waals surface area (Å²) >= 11 is 0. The first kappa shape index (κ1) is 33.3. The molecule has 56 heavy (non-hydrogen) atoms. The molecule has 0 radical (unpaired) electrons. The molecule has 0 bridgehead atoms. The third-order valence-electron chi connectivity index (χ3n) is 10.3. The maximum absolute atomic E-state index is 14.7. The number of imide groups is 1. The van der Waals surface area contributed by atoms with Gasteiger partial charge in [0.2, 0.25) is 0 Å². The van der Waals surface area contributed by atoms with Crippen LogP contribution >= 0.6 is 0 Å². The lowest BCUT2D eigenvalue weighted by Gasteiger charge is -2.16. The summed E-state index contributed by atoms with van der Waals surface area (Å²) in [7, 11) is 0. The summed E-state index contributed by atoms with van der Waals surface area (Å²) in [5.74, 6) is -0.905. The molecule has 0 aliphatic carbocycles. The van der Waals surface area contributed by atoms with Crippen LogP contribution in [0.25, 0.3) is 60.9 Å². The average molecular weight is 717 g/mol. The average Bonchev–Trinajstić information content (AvgIpc) is 3.72. The van der Waals surface area contributed by atoms with Crippen molar-refractivity contribution in [3.63, 3.8) is 0 Å². The van der Waals surface area contributed by atoms with E-state index in [4.69, 9.17) is 0 Å². The van der Waals surface area contributed by atoms with Crippen molar-refractivity contribution in [1.29, 1.82) is 21.0 Å². The van der Waals surface area contributed by atoms with E-state index in [0.717, 1.165) is 33.0 Å². The minimum Gasteiger partial charge on any atom is -0.308 e. The minimum absolute atomic E-state index is 0.240. The molecule has 0 atom stereocenters. The highest BCUT2D eigenvalue weighted by molar-refractivity contribution is 6.36. The largest absolute Gasteiger partial charge is 0.308 e. The van der Waals surface area contributed by atoms with Gasteiger partial charge in [-0.25, -0.2) is 4.90 Å². The van der Waals surface area contributed by atoms with E-state index in [2.05, 4.69) is 24.3 Å². The molecule has 2 amide bonds. The Morgan fingerprint density at radius 1 is 0.429 bits per heavy atom. The normalized spacial score (nSPS) is 11.9. The van der Waals surface area contributed by atoms with Gasteiger partial charge in [-0.15, -0.1) is 0 Å². The molecule has 258 valence electrons. The van der Waals surface area contributed by atoms with E-state index in [1.54, 1.807) is 54.6 Å². The number of nitriles is 4. The van der Waals surface area contributed by atoms with E-state index in [1.807, 2.05) is 95.6 Å². The zero-order chi connectivity index (χ0) is 38.5. The summed E-state index contributed by atoms with van der Waals surface area (Å²) in [6, 6.07) is 52.6. The number of benzene rings is 7. The molecule has 0 unspecified atom stereocenters. The van der Waals surface area contributed by atoms with E-state index >= 15 is 0 Å². The van der Waals surface area contributed by atoms with Crippen LogP contribution in [-0.2, 0) is 0 Å². The number of fused-ring (bicyclic) bond motifs is 4. The molecule has 0 fully saturated rings. The van der Waals surface area contributed by atoms with Crippen molar-refractivity contribution in [3.8, 4) is 63.3 Å². The third-order valence-corrected chi connectivity index (χ3v) is 10.3. The van der Waals surface area contributed by atoms with Crippen LogP contribution in [0.15, 0.2) is 146 Å². The number of carbonyl (C=O) groups is 2. The predicted octanol–water partition coefficient (Wildman–Crippen LogP) is 10.1. The van der Waals surface area contributed by atoms with Crippen LogP contribution in [-0.4, -0.2) is 16.4 Å². The smallest absolute Gasteiger partial charge is 0.268 e. The van der Waals surface area contributed by atoms with Crippen LogP contribution in [0.1, 0.15) is 43.0 Å². The topological polar surface area (TPSA) is 137 Å². The van der Waals surface area contributed by atoms with E-state index in [-0.39, 0.29) is 11.1 Å². The van der Waals surface area contributed by atoms with Crippen LogP contribution in [0.3, 0.4) is 0 Å². The van der Waals surface area contributed by atoms with Gasteiger partial charge in [0.05, 0.1) is 80.1 Å². The fraction of sp³-hybridized carbons (Fsp3) is 0. The Morgan fingerprint density at radius 3 is 1.57 bits per heavy atom. The van der Waals surface area contributed by atoms with Crippen molar-refractivity contribution in [2.45, 2.75) is 0 Å². The highest BCUT2D eigenvalue weighted by Crippen LogP contribution is 2.41. The van der Waals surface area contributed by atoms with Crippen molar-refractivity contribution >= 4 is 39.3 Å². The van der Waals surface area contributed by atoms with Crippen LogP contribution in [0.2, 0.25) is 0 Å². The molecule has 1 aromatic heterocycles. The number of hydrogen-bond acceptors (Lipinski definition) is 6. The maximum Gasteiger partial charge on any atom is 0.268 e. The lowest BCUT2D eigenvalue weighted by Crippen LogP contribution is -2.29. The van der Waals surface area contributed by atoms with Crippen molar-refractivity contribution < 1.29 is 9.59 Å². The quantitative estimate of drug-likeness (QED) is 0.163. The van der Waals surface area contributed by atoms with Crippen molar-refractivity contribution in [2.24, 2.45) is 0 Å². The fourth-order valence-corrected chi connectivity index (χ4v) is 7.67. The second kappa shape index (κ2) is 13.1. The number of amides is 2. The van der Waals surface area contributed by atoms with Gasteiger partial charge < -0.3 is 4.57 Å². The minimum atomic E-state index is -0.467. The Morgan fingerprint density at radius 2 is 1.00 bits per heavy atom. The second-order valence-corrected chi connectivity index (χ2v) is 13.3. The summed E-state index contributed by atoms with van der Waals surface area (Å²) in [5, 5.41) is 40.8. The monoisotopic (exact) mass is 716 g/mol. The van der Waals surface area contributed by atoms with Gasteiger partial charge in [-0.05, 0) is 94.0 Å². The zero-order valence-corrected chi connectivity index (χ0v) is 29.4. The van der Waals surface area contributed by atoms with Gasteiger partial charge in [-0.3, -0.25) is 9.59 Å².